The van der Waals surface area contributed by atoms with Crippen molar-refractivity contribution in [1.29, 1.82) is 0 Å². The van der Waals surface area contributed by atoms with Gasteiger partial charge >= 0.3 is 0 Å². The number of rotatable bonds is 1. The fraction of sp³-hybridized carbons (Fsp3) is 0.545. The van der Waals surface area contributed by atoms with Gasteiger partial charge in [-0.3, -0.25) is 4.99 Å². The Hall–Kier alpha value is -0.850. The van der Waals surface area contributed by atoms with Crippen molar-refractivity contribution < 1.29 is 0 Å². The van der Waals surface area contributed by atoms with Crippen LogP contribution in [0.5, 0.6) is 0 Å². The van der Waals surface area contributed by atoms with Crippen molar-refractivity contribution in [3.05, 3.63) is 23.8 Å². The predicted octanol–water partition coefficient (Wildman–Crippen LogP) is 2.89. The number of allylic oxidation sites excluding steroid dienone is 3. The zero-order valence-electron chi connectivity index (χ0n) is 7.37. The second kappa shape index (κ2) is 3.70. The van der Waals surface area contributed by atoms with E-state index in [0.29, 0.717) is 6.04 Å². The van der Waals surface area contributed by atoms with Crippen LogP contribution in [-0.4, -0.2) is 12.3 Å². The average molecular weight is 161 g/mol. The van der Waals surface area contributed by atoms with Crippen LogP contribution in [0.1, 0.15) is 32.1 Å². The largest absolute Gasteiger partial charge is 0.290 e. The highest BCUT2D eigenvalue weighted by Gasteiger charge is 2.14. The third-order valence-corrected chi connectivity index (χ3v) is 2.57. The molecule has 1 heterocycles. The predicted molar refractivity (Wildman–Crippen MR) is 52.6 cm³/mol. The fourth-order valence-electron chi connectivity index (χ4n) is 1.86. The Bertz CT molecular complexity index is 235. The summed E-state index contributed by atoms with van der Waals surface area (Å²) < 4.78 is 0. The Morgan fingerprint density at radius 3 is 3.00 bits per heavy atom. The summed E-state index contributed by atoms with van der Waals surface area (Å²) in [5.74, 6) is 0. The maximum Gasteiger partial charge on any atom is 0.0708 e. The Balaban J connectivity index is 2.07. The van der Waals surface area contributed by atoms with Gasteiger partial charge in [0.2, 0.25) is 0 Å². The van der Waals surface area contributed by atoms with E-state index in [-0.39, 0.29) is 0 Å². The van der Waals surface area contributed by atoms with E-state index in [1.807, 2.05) is 0 Å². The first kappa shape index (κ1) is 7.78. The minimum Gasteiger partial charge on any atom is -0.290 e. The lowest BCUT2D eigenvalue weighted by Gasteiger charge is -2.20. The van der Waals surface area contributed by atoms with Gasteiger partial charge in [-0.15, -0.1) is 0 Å². The smallest absolute Gasteiger partial charge is 0.0708 e. The van der Waals surface area contributed by atoms with Crippen LogP contribution in [-0.2, 0) is 0 Å². The van der Waals surface area contributed by atoms with Crippen LogP contribution in [0.25, 0.3) is 0 Å². The van der Waals surface area contributed by atoms with Gasteiger partial charge in [0.05, 0.1) is 6.04 Å². The van der Waals surface area contributed by atoms with Gasteiger partial charge in [-0.25, -0.2) is 0 Å². The highest BCUT2D eigenvalue weighted by Crippen LogP contribution is 2.23. The van der Waals surface area contributed by atoms with Crippen molar-refractivity contribution in [3.63, 3.8) is 0 Å². The molecule has 0 aromatic rings. The monoisotopic (exact) mass is 161 g/mol. The quantitative estimate of drug-likeness (QED) is 0.560. The maximum atomic E-state index is 4.53. The molecule has 0 bridgehead atoms. The van der Waals surface area contributed by atoms with E-state index in [9.17, 15) is 0 Å². The number of aliphatic imine (C=N–C) groups is 1. The normalized spacial score (nSPS) is 28.7. The summed E-state index contributed by atoms with van der Waals surface area (Å²) in [4.78, 5) is 4.53. The van der Waals surface area contributed by atoms with E-state index in [1.165, 1.54) is 37.7 Å². The Labute approximate surface area is 73.9 Å². The summed E-state index contributed by atoms with van der Waals surface area (Å²) in [5.41, 5.74) is 1.54. The highest BCUT2D eigenvalue weighted by molar-refractivity contribution is 5.59. The molecule has 1 atom stereocenters. The Morgan fingerprint density at radius 1 is 1.33 bits per heavy atom. The number of nitrogens with zero attached hydrogens (tertiary/aromatic N) is 1. The van der Waals surface area contributed by atoms with E-state index >= 15 is 0 Å². The van der Waals surface area contributed by atoms with E-state index in [0.717, 1.165) is 0 Å². The van der Waals surface area contributed by atoms with Crippen molar-refractivity contribution in [2.24, 2.45) is 4.99 Å². The van der Waals surface area contributed by atoms with E-state index in [2.05, 4.69) is 29.4 Å². The van der Waals surface area contributed by atoms with Gasteiger partial charge in [0, 0.05) is 0 Å². The van der Waals surface area contributed by atoms with Crippen molar-refractivity contribution in [3.8, 4) is 0 Å². The van der Waals surface area contributed by atoms with Gasteiger partial charge in [-0.05, 0) is 43.9 Å². The topological polar surface area (TPSA) is 12.4 Å². The molecule has 1 heteroatoms. The van der Waals surface area contributed by atoms with E-state index in [1.54, 1.807) is 0 Å². The molecule has 0 spiro atoms. The summed E-state index contributed by atoms with van der Waals surface area (Å²) in [6.07, 6.45) is 14.9. The van der Waals surface area contributed by atoms with Crippen molar-refractivity contribution in [2.75, 3.05) is 0 Å². The molecule has 0 N–H and O–H groups in total. The lowest BCUT2D eigenvalue weighted by Crippen LogP contribution is -2.13. The average Bonchev–Trinajstić information content (AvgIpc) is 2.21. The van der Waals surface area contributed by atoms with Gasteiger partial charge in [-0.2, -0.15) is 0 Å². The van der Waals surface area contributed by atoms with E-state index < -0.39 is 0 Å². The van der Waals surface area contributed by atoms with Crippen LogP contribution < -0.4 is 0 Å². The summed E-state index contributed by atoms with van der Waals surface area (Å²) in [5, 5.41) is 0. The van der Waals surface area contributed by atoms with Crippen molar-refractivity contribution in [1.82, 2.24) is 0 Å². The molecule has 12 heavy (non-hydrogen) atoms. The highest BCUT2D eigenvalue weighted by atomic mass is 14.8. The molecule has 1 nitrogen and oxygen atoms in total. The number of hydrogen-bond donors (Lipinski definition) is 0. The van der Waals surface area contributed by atoms with Crippen LogP contribution in [0.4, 0.5) is 0 Å². The minimum absolute atomic E-state index is 0.517. The number of hydrogen-bond acceptors (Lipinski definition) is 1. The molecule has 2 rings (SSSR count). The molecule has 1 aliphatic heterocycles. The van der Waals surface area contributed by atoms with Crippen LogP contribution >= 0.6 is 0 Å². The molecular formula is C11H15N. The first-order valence-electron chi connectivity index (χ1n) is 4.84. The second-order valence-corrected chi connectivity index (χ2v) is 3.49. The third kappa shape index (κ3) is 1.66. The summed E-state index contributed by atoms with van der Waals surface area (Å²) >= 11 is 0. The maximum absolute atomic E-state index is 4.53. The first-order valence-corrected chi connectivity index (χ1v) is 4.84. The lowest BCUT2D eigenvalue weighted by molar-refractivity contribution is 0.615. The standard InChI is InChI=1S/C11H15N/c1-2-6-10(7-3-1)11-8-4-5-9-12-11/h1-2,6,9,11H,3-5,7-8H2. The molecule has 0 radical (unpaired) electrons. The molecular weight excluding hydrogens is 146 g/mol. The minimum atomic E-state index is 0.517. The van der Waals surface area contributed by atoms with Gasteiger partial charge in [0.25, 0.3) is 0 Å². The third-order valence-electron chi connectivity index (χ3n) is 2.57. The molecule has 0 aromatic heterocycles. The van der Waals surface area contributed by atoms with Crippen LogP contribution in [0, 0.1) is 0 Å². The fourth-order valence-corrected chi connectivity index (χ4v) is 1.86. The Kier molecular flexibility index (Phi) is 2.40. The Morgan fingerprint density at radius 2 is 2.33 bits per heavy atom. The molecule has 1 aliphatic carbocycles. The first-order chi connectivity index (χ1) is 5.97. The van der Waals surface area contributed by atoms with Crippen LogP contribution in [0.2, 0.25) is 0 Å². The molecule has 0 saturated carbocycles. The van der Waals surface area contributed by atoms with Crippen LogP contribution in [0.3, 0.4) is 0 Å². The molecule has 0 saturated heterocycles. The zero-order chi connectivity index (χ0) is 8.23. The lowest BCUT2D eigenvalue weighted by atomic mass is 9.93. The molecule has 0 aromatic carbocycles. The second-order valence-electron chi connectivity index (χ2n) is 3.49. The van der Waals surface area contributed by atoms with Gasteiger partial charge in [-0.1, -0.05) is 18.2 Å². The van der Waals surface area contributed by atoms with Gasteiger partial charge in [0.15, 0.2) is 0 Å². The molecule has 0 fully saturated rings. The zero-order valence-corrected chi connectivity index (χ0v) is 7.37. The molecule has 1 unspecified atom stereocenters. The SMILES string of the molecule is C1=CCCC(C2CCCC=N2)=C1. The molecule has 0 amide bonds. The summed E-state index contributed by atoms with van der Waals surface area (Å²) in [7, 11) is 0. The van der Waals surface area contributed by atoms with Gasteiger partial charge in [0.1, 0.15) is 0 Å². The molecule has 64 valence electrons. The molecule has 2 aliphatic rings. The van der Waals surface area contributed by atoms with Crippen molar-refractivity contribution >= 4 is 6.21 Å². The van der Waals surface area contributed by atoms with E-state index in [4.69, 9.17) is 0 Å². The summed E-state index contributed by atoms with van der Waals surface area (Å²) in [6, 6.07) is 0.517. The summed E-state index contributed by atoms with van der Waals surface area (Å²) in [6.45, 7) is 0. The van der Waals surface area contributed by atoms with Crippen LogP contribution in [0.15, 0.2) is 28.8 Å². The van der Waals surface area contributed by atoms with Crippen molar-refractivity contribution in [2.45, 2.75) is 38.1 Å². The van der Waals surface area contributed by atoms with Gasteiger partial charge < -0.3 is 0 Å².